The van der Waals surface area contributed by atoms with Crippen LogP contribution in [0.1, 0.15) is 10.4 Å². The lowest BCUT2D eigenvalue weighted by Gasteiger charge is -1.97. The van der Waals surface area contributed by atoms with Gasteiger partial charge in [0.25, 0.3) is 0 Å². The molecule has 1 aliphatic rings. The number of aromatic nitrogens is 1. The van der Waals surface area contributed by atoms with E-state index in [0.717, 1.165) is 28.1 Å². The van der Waals surface area contributed by atoms with Gasteiger partial charge in [-0.3, -0.25) is 0 Å². The highest BCUT2D eigenvalue weighted by Gasteiger charge is 2.22. The highest BCUT2D eigenvalue weighted by Crippen LogP contribution is 2.40. The molecule has 14 heavy (non-hydrogen) atoms. The van der Waals surface area contributed by atoms with E-state index in [1.165, 1.54) is 17.4 Å². The van der Waals surface area contributed by atoms with Crippen molar-refractivity contribution in [3.8, 4) is 11.3 Å². The molecule has 4 heteroatoms. The van der Waals surface area contributed by atoms with Crippen molar-refractivity contribution in [3.05, 3.63) is 34.5 Å². The van der Waals surface area contributed by atoms with Crippen LogP contribution >= 0.6 is 11.3 Å². The molecule has 0 radical (unpaired) electrons. The Bertz CT molecular complexity index is 519. The monoisotopic (exact) mass is 206 g/mol. The number of nitrogens with zero attached hydrogens (tertiary/aromatic N) is 1. The maximum atomic E-state index is 12.9. The molecule has 2 N–H and O–H groups in total. The van der Waals surface area contributed by atoms with Gasteiger partial charge in [0.1, 0.15) is 5.82 Å². The first-order valence-corrected chi connectivity index (χ1v) is 5.09. The summed E-state index contributed by atoms with van der Waals surface area (Å²) in [5, 5.41) is 0.588. The minimum atomic E-state index is -0.188. The zero-order valence-corrected chi connectivity index (χ0v) is 8.07. The Morgan fingerprint density at radius 2 is 2.29 bits per heavy atom. The lowest BCUT2D eigenvalue weighted by atomic mass is 10.1. The van der Waals surface area contributed by atoms with Crippen molar-refractivity contribution in [2.24, 2.45) is 0 Å². The van der Waals surface area contributed by atoms with Gasteiger partial charge in [0.2, 0.25) is 0 Å². The van der Waals surface area contributed by atoms with Crippen LogP contribution in [0.2, 0.25) is 0 Å². The van der Waals surface area contributed by atoms with Gasteiger partial charge in [-0.05, 0) is 23.8 Å². The number of nitrogen functional groups attached to an aromatic ring is 1. The number of anilines is 1. The number of hydrogen-bond acceptors (Lipinski definition) is 3. The van der Waals surface area contributed by atoms with Crippen molar-refractivity contribution >= 4 is 16.5 Å². The summed E-state index contributed by atoms with van der Waals surface area (Å²) in [6.45, 7) is 0. The van der Waals surface area contributed by atoms with Crippen molar-refractivity contribution in [2.45, 2.75) is 6.42 Å². The Morgan fingerprint density at radius 3 is 3.14 bits per heavy atom. The fourth-order valence-corrected chi connectivity index (χ4v) is 2.68. The SMILES string of the molecule is Nc1nc2c(s1)Cc1cc(F)ccc1-2. The van der Waals surface area contributed by atoms with E-state index in [0.29, 0.717) is 5.13 Å². The third-order valence-corrected chi connectivity index (χ3v) is 3.27. The van der Waals surface area contributed by atoms with Crippen LogP contribution < -0.4 is 5.73 Å². The molecule has 1 aromatic heterocycles. The average molecular weight is 206 g/mol. The van der Waals surface area contributed by atoms with Crippen LogP contribution in [0.4, 0.5) is 9.52 Å². The minimum Gasteiger partial charge on any atom is -0.375 e. The summed E-state index contributed by atoms with van der Waals surface area (Å²) in [6.07, 6.45) is 0.761. The van der Waals surface area contributed by atoms with Crippen LogP contribution in [-0.2, 0) is 6.42 Å². The zero-order valence-electron chi connectivity index (χ0n) is 7.25. The third-order valence-electron chi connectivity index (χ3n) is 2.39. The molecule has 3 rings (SSSR count). The second-order valence-corrected chi connectivity index (χ2v) is 4.42. The van der Waals surface area contributed by atoms with E-state index >= 15 is 0 Å². The molecule has 0 unspecified atom stereocenters. The highest BCUT2D eigenvalue weighted by molar-refractivity contribution is 7.15. The van der Waals surface area contributed by atoms with Crippen LogP contribution in [0.3, 0.4) is 0 Å². The van der Waals surface area contributed by atoms with Crippen molar-refractivity contribution < 1.29 is 4.39 Å². The van der Waals surface area contributed by atoms with Gasteiger partial charge < -0.3 is 5.73 Å². The summed E-state index contributed by atoms with van der Waals surface area (Å²) in [4.78, 5) is 5.38. The molecular weight excluding hydrogens is 199 g/mol. The zero-order chi connectivity index (χ0) is 9.71. The van der Waals surface area contributed by atoms with Crippen molar-refractivity contribution in [1.82, 2.24) is 4.98 Å². The van der Waals surface area contributed by atoms with E-state index in [1.807, 2.05) is 0 Å². The number of benzene rings is 1. The number of hydrogen-bond donors (Lipinski definition) is 1. The van der Waals surface area contributed by atoms with E-state index in [9.17, 15) is 4.39 Å². The summed E-state index contributed by atoms with van der Waals surface area (Å²) in [5.74, 6) is -0.188. The predicted molar refractivity (Wildman–Crippen MR) is 54.7 cm³/mol. The highest BCUT2D eigenvalue weighted by atomic mass is 32.1. The van der Waals surface area contributed by atoms with Crippen LogP contribution in [0, 0.1) is 5.82 Å². The Labute approximate surface area is 84.2 Å². The molecule has 0 saturated heterocycles. The second kappa shape index (κ2) is 2.54. The molecule has 0 fully saturated rings. The quantitative estimate of drug-likeness (QED) is 0.613. The van der Waals surface area contributed by atoms with Crippen molar-refractivity contribution in [1.29, 1.82) is 0 Å². The molecular formula is C10H7FN2S. The summed E-state index contributed by atoms with van der Waals surface area (Å²) in [6, 6.07) is 4.80. The van der Waals surface area contributed by atoms with Gasteiger partial charge in [-0.25, -0.2) is 9.37 Å². The van der Waals surface area contributed by atoms with Gasteiger partial charge in [0.15, 0.2) is 5.13 Å². The number of thiazole rings is 1. The van der Waals surface area contributed by atoms with Crippen LogP contribution in [0.15, 0.2) is 18.2 Å². The normalized spacial score (nSPS) is 12.6. The molecule has 1 aromatic carbocycles. The molecule has 0 spiro atoms. The van der Waals surface area contributed by atoms with Gasteiger partial charge >= 0.3 is 0 Å². The predicted octanol–water partition coefficient (Wildman–Crippen LogP) is 2.44. The maximum absolute atomic E-state index is 12.9. The first-order valence-electron chi connectivity index (χ1n) is 4.28. The molecule has 0 atom stereocenters. The lowest BCUT2D eigenvalue weighted by molar-refractivity contribution is 0.626. The summed E-state index contributed by atoms with van der Waals surface area (Å²) in [5.41, 5.74) is 8.58. The Balaban J connectivity index is 2.25. The minimum absolute atomic E-state index is 0.188. The smallest absolute Gasteiger partial charge is 0.180 e. The van der Waals surface area contributed by atoms with Crippen molar-refractivity contribution in [3.63, 3.8) is 0 Å². The molecule has 0 aliphatic heterocycles. The lowest BCUT2D eigenvalue weighted by Crippen LogP contribution is -1.85. The van der Waals surface area contributed by atoms with Gasteiger partial charge in [0.05, 0.1) is 5.69 Å². The maximum Gasteiger partial charge on any atom is 0.180 e. The van der Waals surface area contributed by atoms with Gasteiger partial charge in [-0.1, -0.05) is 0 Å². The topological polar surface area (TPSA) is 38.9 Å². The van der Waals surface area contributed by atoms with Gasteiger partial charge in [-0.15, -0.1) is 11.3 Å². The van der Waals surface area contributed by atoms with E-state index in [-0.39, 0.29) is 5.82 Å². The molecule has 0 saturated carbocycles. The van der Waals surface area contributed by atoms with E-state index in [1.54, 1.807) is 12.1 Å². The fraction of sp³-hybridized carbons (Fsp3) is 0.100. The first kappa shape index (κ1) is 7.94. The largest absolute Gasteiger partial charge is 0.375 e. The van der Waals surface area contributed by atoms with Gasteiger partial charge in [0, 0.05) is 16.9 Å². The van der Waals surface area contributed by atoms with Crippen molar-refractivity contribution in [2.75, 3.05) is 5.73 Å². The number of rotatable bonds is 0. The molecule has 1 aliphatic carbocycles. The summed E-state index contributed by atoms with van der Waals surface area (Å²) >= 11 is 1.48. The third kappa shape index (κ3) is 0.974. The Hall–Kier alpha value is -1.42. The number of nitrogens with two attached hydrogens (primary N) is 1. The fourth-order valence-electron chi connectivity index (χ4n) is 1.81. The van der Waals surface area contributed by atoms with Crippen LogP contribution in [-0.4, -0.2) is 4.98 Å². The molecule has 2 nitrogen and oxygen atoms in total. The van der Waals surface area contributed by atoms with E-state index < -0.39 is 0 Å². The first-order chi connectivity index (χ1) is 6.74. The van der Waals surface area contributed by atoms with E-state index in [4.69, 9.17) is 5.73 Å². The molecule has 0 amide bonds. The average Bonchev–Trinajstić information content (AvgIpc) is 2.59. The molecule has 70 valence electrons. The Morgan fingerprint density at radius 1 is 1.43 bits per heavy atom. The molecule has 2 aromatic rings. The molecule has 0 bridgehead atoms. The van der Waals surface area contributed by atoms with Crippen LogP contribution in [0.25, 0.3) is 11.3 Å². The standard InChI is InChI=1S/C10H7FN2S/c11-6-1-2-7-5(3-6)4-8-9(7)13-10(12)14-8/h1-3H,4H2,(H2,12,13). The van der Waals surface area contributed by atoms with E-state index in [2.05, 4.69) is 4.98 Å². The summed E-state index contributed by atoms with van der Waals surface area (Å²) < 4.78 is 12.9. The second-order valence-electron chi connectivity index (χ2n) is 3.30. The Kier molecular flexibility index (Phi) is 1.44. The summed E-state index contributed by atoms with van der Waals surface area (Å²) in [7, 11) is 0. The number of halogens is 1. The molecule has 1 heterocycles. The van der Waals surface area contributed by atoms with Crippen LogP contribution in [0.5, 0.6) is 0 Å². The number of fused-ring (bicyclic) bond motifs is 3. The van der Waals surface area contributed by atoms with Gasteiger partial charge in [-0.2, -0.15) is 0 Å².